The quantitative estimate of drug-likeness (QED) is 0.426. The van der Waals surface area contributed by atoms with Crippen LogP contribution >= 0.6 is 23.5 Å². The van der Waals surface area contributed by atoms with Crippen molar-refractivity contribution in [3.05, 3.63) is 77.9 Å². The number of carbonyl (C=O) groups excluding carboxylic acids is 3. The van der Waals surface area contributed by atoms with E-state index in [1.54, 1.807) is 48.2 Å². The lowest BCUT2D eigenvalue weighted by atomic mass is 10.1. The number of carbonyl (C=O) groups is 3. The van der Waals surface area contributed by atoms with E-state index in [-0.39, 0.29) is 18.4 Å². The van der Waals surface area contributed by atoms with E-state index in [0.29, 0.717) is 22.5 Å². The van der Waals surface area contributed by atoms with Gasteiger partial charge in [0.05, 0.1) is 23.9 Å². The molecule has 1 heterocycles. The lowest BCUT2D eigenvalue weighted by molar-refractivity contribution is -0.114. The average molecular weight is 465 g/mol. The van der Waals surface area contributed by atoms with E-state index in [1.165, 1.54) is 23.8 Å². The van der Waals surface area contributed by atoms with E-state index in [0.717, 1.165) is 14.7 Å². The van der Waals surface area contributed by atoms with Gasteiger partial charge in [0.1, 0.15) is 6.54 Å². The first kappa shape index (κ1) is 22.0. The molecule has 0 bridgehead atoms. The number of ether oxygens (including phenoxy) is 1. The zero-order valence-electron chi connectivity index (χ0n) is 17.5. The van der Waals surface area contributed by atoms with Gasteiger partial charge in [-0.05, 0) is 54.8 Å². The van der Waals surface area contributed by atoms with Gasteiger partial charge in [-0.1, -0.05) is 30.0 Å². The van der Waals surface area contributed by atoms with Crippen molar-refractivity contribution in [1.29, 1.82) is 0 Å². The molecule has 0 radical (unpaired) electrons. The number of thioether (sulfide) groups is 1. The Hall–Kier alpha value is -3.23. The number of nitrogens with one attached hydrogen (secondary N) is 1. The van der Waals surface area contributed by atoms with Gasteiger partial charge in [0.2, 0.25) is 5.91 Å². The van der Waals surface area contributed by atoms with Crippen molar-refractivity contribution in [3.8, 4) is 0 Å². The van der Waals surface area contributed by atoms with Crippen molar-refractivity contribution in [3.63, 3.8) is 0 Å². The third-order valence-corrected chi connectivity index (χ3v) is 6.77. The number of hydrogen-bond donors (Lipinski definition) is 1. The van der Waals surface area contributed by atoms with Crippen molar-refractivity contribution < 1.29 is 19.1 Å². The molecule has 2 amide bonds. The molecule has 4 rings (SSSR count). The third-order valence-electron chi connectivity index (χ3n) is 4.91. The first-order chi connectivity index (χ1) is 15.5. The fraction of sp³-hybridized carbons (Fsp3) is 0.125. The van der Waals surface area contributed by atoms with Crippen LogP contribution in [-0.4, -0.2) is 37.7 Å². The molecule has 6 nitrogen and oxygen atoms in total. The minimum absolute atomic E-state index is 0.200. The summed E-state index contributed by atoms with van der Waals surface area (Å²) in [6, 6.07) is 19.8. The lowest BCUT2D eigenvalue weighted by Gasteiger charge is -2.23. The predicted octanol–water partition coefficient (Wildman–Crippen LogP) is 4.95. The van der Waals surface area contributed by atoms with Crippen molar-refractivity contribution in [2.24, 2.45) is 0 Å². The summed E-state index contributed by atoms with van der Waals surface area (Å²) >= 11 is 3.00. The molecule has 0 unspecified atom stereocenters. The van der Waals surface area contributed by atoms with Crippen molar-refractivity contribution >= 4 is 52.7 Å². The summed E-state index contributed by atoms with van der Waals surface area (Å²) in [6.07, 6.45) is 1.96. The SMILES string of the molecule is COC(=O)c1ccc2c(c1)N(CC(=O)Nc1cccc(SC)c1)C(=O)c1ccccc1S2. The molecule has 1 aliphatic rings. The van der Waals surface area contributed by atoms with Gasteiger partial charge in [-0.3, -0.25) is 14.5 Å². The average Bonchev–Trinajstić information content (AvgIpc) is 2.93. The number of amides is 2. The summed E-state index contributed by atoms with van der Waals surface area (Å²) in [6.45, 7) is -0.200. The molecule has 162 valence electrons. The Kier molecular flexibility index (Phi) is 6.53. The molecule has 1 aliphatic heterocycles. The second-order valence-electron chi connectivity index (χ2n) is 6.94. The summed E-state index contributed by atoms with van der Waals surface area (Å²) in [4.78, 5) is 42.5. The molecule has 0 saturated heterocycles. The van der Waals surface area contributed by atoms with Crippen LogP contribution in [-0.2, 0) is 9.53 Å². The summed E-state index contributed by atoms with van der Waals surface area (Å²) in [5.74, 6) is -1.15. The smallest absolute Gasteiger partial charge is 0.337 e. The van der Waals surface area contributed by atoms with Crippen LogP contribution in [0.1, 0.15) is 20.7 Å². The van der Waals surface area contributed by atoms with Crippen LogP contribution < -0.4 is 10.2 Å². The van der Waals surface area contributed by atoms with E-state index >= 15 is 0 Å². The topological polar surface area (TPSA) is 75.7 Å². The van der Waals surface area contributed by atoms with Crippen LogP contribution in [0.15, 0.2) is 81.4 Å². The van der Waals surface area contributed by atoms with Crippen molar-refractivity contribution in [1.82, 2.24) is 0 Å². The largest absolute Gasteiger partial charge is 0.465 e. The zero-order chi connectivity index (χ0) is 22.7. The van der Waals surface area contributed by atoms with Crippen LogP contribution in [0, 0.1) is 0 Å². The standard InChI is InChI=1S/C24H20N2O4S2/c1-30-24(29)15-10-11-21-19(12-15)26(23(28)18-8-3-4-9-20(18)32-21)14-22(27)25-16-6-5-7-17(13-16)31-2/h3-13H,14H2,1-2H3,(H,25,27). The molecule has 0 aromatic heterocycles. The summed E-state index contributed by atoms with van der Waals surface area (Å²) < 4.78 is 4.83. The molecule has 8 heteroatoms. The number of nitrogens with zero attached hydrogens (tertiary/aromatic N) is 1. The molecule has 32 heavy (non-hydrogen) atoms. The number of esters is 1. The fourth-order valence-corrected chi connectivity index (χ4v) is 4.89. The molecular weight excluding hydrogens is 444 g/mol. The summed E-state index contributed by atoms with van der Waals surface area (Å²) in [7, 11) is 1.30. The van der Waals surface area contributed by atoms with E-state index in [2.05, 4.69) is 5.32 Å². The highest BCUT2D eigenvalue weighted by atomic mass is 32.2. The van der Waals surface area contributed by atoms with Gasteiger partial charge in [0.25, 0.3) is 5.91 Å². The van der Waals surface area contributed by atoms with Gasteiger partial charge in [-0.15, -0.1) is 11.8 Å². The van der Waals surface area contributed by atoms with E-state index < -0.39 is 5.97 Å². The first-order valence-corrected chi connectivity index (χ1v) is 11.8. The van der Waals surface area contributed by atoms with Crippen LogP contribution in [0.5, 0.6) is 0 Å². The van der Waals surface area contributed by atoms with Crippen LogP contribution in [0.3, 0.4) is 0 Å². The van der Waals surface area contributed by atoms with E-state index in [9.17, 15) is 14.4 Å². The molecule has 3 aromatic carbocycles. The minimum Gasteiger partial charge on any atom is -0.465 e. The molecule has 1 N–H and O–H groups in total. The van der Waals surface area contributed by atoms with Crippen molar-refractivity contribution in [2.75, 3.05) is 30.1 Å². The van der Waals surface area contributed by atoms with Gasteiger partial charge >= 0.3 is 5.97 Å². The highest BCUT2D eigenvalue weighted by Gasteiger charge is 2.29. The monoisotopic (exact) mass is 464 g/mol. The van der Waals surface area contributed by atoms with Gasteiger partial charge in [-0.2, -0.15) is 0 Å². The highest BCUT2D eigenvalue weighted by Crippen LogP contribution is 2.41. The van der Waals surface area contributed by atoms with Gasteiger partial charge < -0.3 is 10.1 Å². The Morgan fingerprint density at radius 1 is 1.03 bits per heavy atom. The first-order valence-electron chi connectivity index (χ1n) is 9.75. The Labute approximate surface area is 194 Å². The number of rotatable bonds is 5. The fourth-order valence-electron chi connectivity index (χ4n) is 3.37. The van der Waals surface area contributed by atoms with Gasteiger partial charge in [0.15, 0.2) is 0 Å². The second kappa shape index (κ2) is 9.50. The maximum absolute atomic E-state index is 13.5. The molecule has 3 aromatic rings. The molecule has 0 atom stereocenters. The second-order valence-corrected chi connectivity index (χ2v) is 8.91. The Bertz CT molecular complexity index is 1210. The number of methoxy groups -OCH3 is 1. The summed E-state index contributed by atoms with van der Waals surface area (Å²) in [5.41, 5.74) is 1.96. The Morgan fingerprint density at radius 3 is 2.62 bits per heavy atom. The summed E-state index contributed by atoms with van der Waals surface area (Å²) in [5, 5.41) is 2.86. The third kappa shape index (κ3) is 4.51. The number of fused-ring (bicyclic) bond motifs is 2. The Morgan fingerprint density at radius 2 is 1.84 bits per heavy atom. The highest BCUT2D eigenvalue weighted by molar-refractivity contribution is 7.99. The number of benzene rings is 3. The maximum Gasteiger partial charge on any atom is 0.337 e. The lowest BCUT2D eigenvalue weighted by Crippen LogP contribution is -2.38. The molecule has 0 saturated carbocycles. The zero-order valence-corrected chi connectivity index (χ0v) is 19.1. The maximum atomic E-state index is 13.5. The molecule has 0 spiro atoms. The van der Waals surface area contributed by atoms with Gasteiger partial charge in [-0.25, -0.2) is 4.79 Å². The minimum atomic E-state index is -0.509. The Balaban J connectivity index is 1.70. The number of anilines is 2. The normalized spacial score (nSPS) is 12.4. The number of hydrogen-bond acceptors (Lipinski definition) is 6. The van der Waals surface area contributed by atoms with E-state index in [4.69, 9.17) is 4.74 Å². The molecule has 0 aliphatic carbocycles. The van der Waals surface area contributed by atoms with Gasteiger partial charge in [0, 0.05) is 20.4 Å². The van der Waals surface area contributed by atoms with Crippen LogP contribution in [0.2, 0.25) is 0 Å². The van der Waals surface area contributed by atoms with Crippen LogP contribution in [0.4, 0.5) is 11.4 Å². The predicted molar refractivity (Wildman–Crippen MR) is 127 cm³/mol. The van der Waals surface area contributed by atoms with E-state index in [1.807, 2.05) is 36.6 Å². The van der Waals surface area contributed by atoms with Crippen molar-refractivity contribution in [2.45, 2.75) is 14.7 Å². The molecule has 0 fully saturated rings. The molecular formula is C24H20N2O4S2. The van der Waals surface area contributed by atoms with Crippen LogP contribution in [0.25, 0.3) is 0 Å².